The summed E-state index contributed by atoms with van der Waals surface area (Å²) in [5.41, 5.74) is 0.407. The quantitative estimate of drug-likeness (QED) is 0.643. The number of aliphatic hydroxyl groups is 1. The van der Waals surface area contributed by atoms with E-state index in [1.54, 1.807) is 0 Å². The highest BCUT2D eigenvalue weighted by atomic mass is 16.3. The molecule has 1 unspecified atom stereocenters. The first-order valence-electron chi connectivity index (χ1n) is 4.55. The van der Waals surface area contributed by atoms with Crippen LogP contribution < -0.4 is 5.32 Å². The van der Waals surface area contributed by atoms with Crippen LogP contribution in [0.25, 0.3) is 0 Å². The molecular weight excluding hydrogens is 182 g/mol. The largest absolute Gasteiger partial charge is 0.394 e. The summed E-state index contributed by atoms with van der Waals surface area (Å²) < 4.78 is 0. The highest BCUT2D eigenvalue weighted by Gasteiger charge is 2.16. The summed E-state index contributed by atoms with van der Waals surface area (Å²) >= 11 is 0. The number of nitrogens with one attached hydrogen (secondary N) is 2. The number of carbonyl (C=O) groups is 1. The third kappa shape index (κ3) is 2.56. The predicted octanol–water partition coefficient (Wildman–Crippen LogP) is 0.156. The van der Waals surface area contributed by atoms with Gasteiger partial charge in [-0.05, 0) is 5.92 Å². The molecule has 0 aromatic carbocycles. The van der Waals surface area contributed by atoms with E-state index in [1.165, 1.54) is 12.5 Å². The molecule has 1 amide bonds. The zero-order valence-corrected chi connectivity index (χ0v) is 8.32. The number of hydrogen-bond donors (Lipinski definition) is 3. The van der Waals surface area contributed by atoms with Crippen molar-refractivity contribution < 1.29 is 9.90 Å². The summed E-state index contributed by atoms with van der Waals surface area (Å²) in [5, 5.41) is 11.7. The molecule has 14 heavy (non-hydrogen) atoms. The fourth-order valence-corrected chi connectivity index (χ4v) is 1.05. The number of aromatic nitrogens is 2. The van der Waals surface area contributed by atoms with E-state index in [1.807, 2.05) is 13.8 Å². The molecule has 3 N–H and O–H groups in total. The number of imidazole rings is 1. The van der Waals surface area contributed by atoms with Crippen LogP contribution in [0.3, 0.4) is 0 Å². The molecule has 0 fully saturated rings. The molecule has 1 atom stereocenters. The van der Waals surface area contributed by atoms with Crippen LogP contribution in [0.5, 0.6) is 0 Å². The Labute approximate surface area is 82.6 Å². The lowest BCUT2D eigenvalue weighted by Crippen LogP contribution is -2.41. The number of amides is 1. The maximum Gasteiger partial charge on any atom is 0.269 e. The van der Waals surface area contributed by atoms with Crippen LogP contribution >= 0.6 is 0 Å². The van der Waals surface area contributed by atoms with Gasteiger partial charge in [0, 0.05) is 0 Å². The second kappa shape index (κ2) is 4.76. The van der Waals surface area contributed by atoms with Crippen molar-refractivity contribution in [2.45, 2.75) is 19.9 Å². The van der Waals surface area contributed by atoms with Crippen LogP contribution in [-0.2, 0) is 0 Å². The van der Waals surface area contributed by atoms with Crippen molar-refractivity contribution in [1.82, 2.24) is 15.3 Å². The van der Waals surface area contributed by atoms with Crippen LogP contribution in [0, 0.1) is 5.92 Å². The molecule has 1 aromatic rings. The van der Waals surface area contributed by atoms with Gasteiger partial charge < -0.3 is 15.4 Å². The monoisotopic (exact) mass is 197 g/mol. The summed E-state index contributed by atoms with van der Waals surface area (Å²) in [6.45, 7) is 3.82. The van der Waals surface area contributed by atoms with Gasteiger partial charge in [0.05, 0.1) is 25.2 Å². The molecule has 0 aliphatic carbocycles. The van der Waals surface area contributed by atoms with Crippen LogP contribution in [-0.4, -0.2) is 33.6 Å². The van der Waals surface area contributed by atoms with Gasteiger partial charge in [0.25, 0.3) is 5.91 Å². The van der Waals surface area contributed by atoms with E-state index in [0.29, 0.717) is 5.69 Å². The zero-order chi connectivity index (χ0) is 10.6. The van der Waals surface area contributed by atoms with E-state index >= 15 is 0 Å². The van der Waals surface area contributed by atoms with Crippen molar-refractivity contribution in [3.8, 4) is 0 Å². The molecule has 0 saturated carbocycles. The second-order valence-electron chi connectivity index (χ2n) is 3.47. The lowest BCUT2D eigenvalue weighted by atomic mass is 10.1. The van der Waals surface area contributed by atoms with Crippen molar-refractivity contribution in [2.75, 3.05) is 6.61 Å². The predicted molar refractivity (Wildman–Crippen MR) is 51.8 cm³/mol. The summed E-state index contributed by atoms with van der Waals surface area (Å²) in [6.07, 6.45) is 2.89. The van der Waals surface area contributed by atoms with Crippen molar-refractivity contribution in [1.29, 1.82) is 0 Å². The molecule has 5 heteroatoms. The zero-order valence-electron chi connectivity index (χ0n) is 8.32. The number of aliphatic hydroxyl groups excluding tert-OH is 1. The molecule has 0 aliphatic heterocycles. The first-order chi connectivity index (χ1) is 6.65. The normalized spacial score (nSPS) is 12.9. The standard InChI is InChI=1S/C9H15N3O2/c1-6(2)8(4-13)12-9(14)7-3-10-5-11-7/h3,5-6,8,13H,4H2,1-2H3,(H,10,11)(H,12,14). The maximum absolute atomic E-state index is 11.5. The Balaban J connectivity index is 2.56. The Bertz CT molecular complexity index is 282. The van der Waals surface area contributed by atoms with Gasteiger partial charge in [-0.25, -0.2) is 4.98 Å². The van der Waals surface area contributed by atoms with Gasteiger partial charge in [-0.2, -0.15) is 0 Å². The Morgan fingerprint density at radius 1 is 1.71 bits per heavy atom. The highest BCUT2D eigenvalue weighted by molar-refractivity contribution is 5.92. The van der Waals surface area contributed by atoms with E-state index in [4.69, 9.17) is 5.11 Å². The maximum atomic E-state index is 11.5. The molecule has 1 rings (SSSR count). The van der Waals surface area contributed by atoms with Crippen molar-refractivity contribution in [3.63, 3.8) is 0 Å². The minimum Gasteiger partial charge on any atom is -0.394 e. The average molecular weight is 197 g/mol. The van der Waals surface area contributed by atoms with E-state index in [2.05, 4.69) is 15.3 Å². The summed E-state index contributed by atoms with van der Waals surface area (Å²) in [6, 6.07) is -0.217. The van der Waals surface area contributed by atoms with Gasteiger partial charge in [-0.3, -0.25) is 4.79 Å². The molecular formula is C9H15N3O2. The fourth-order valence-electron chi connectivity index (χ4n) is 1.05. The van der Waals surface area contributed by atoms with E-state index in [9.17, 15) is 4.79 Å². The molecule has 1 aromatic heterocycles. The Kier molecular flexibility index (Phi) is 3.64. The molecule has 0 bridgehead atoms. The second-order valence-corrected chi connectivity index (χ2v) is 3.47. The minimum absolute atomic E-state index is 0.0580. The average Bonchev–Trinajstić information content (AvgIpc) is 2.65. The third-order valence-electron chi connectivity index (χ3n) is 2.06. The molecule has 0 spiro atoms. The van der Waals surface area contributed by atoms with Crippen LogP contribution in [0.4, 0.5) is 0 Å². The number of carbonyl (C=O) groups excluding carboxylic acids is 1. The third-order valence-corrected chi connectivity index (χ3v) is 2.06. The van der Waals surface area contributed by atoms with Gasteiger partial charge in [0.1, 0.15) is 5.69 Å². The lowest BCUT2D eigenvalue weighted by molar-refractivity contribution is 0.0892. The first kappa shape index (κ1) is 10.7. The number of hydrogen-bond acceptors (Lipinski definition) is 3. The summed E-state index contributed by atoms with van der Waals surface area (Å²) in [5.74, 6) is -0.0397. The van der Waals surface area contributed by atoms with Crippen molar-refractivity contribution in [2.24, 2.45) is 5.92 Å². The van der Waals surface area contributed by atoms with Gasteiger partial charge in [-0.15, -0.1) is 0 Å². The molecule has 0 aliphatic rings. The molecule has 0 radical (unpaired) electrons. The van der Waals surface area contributed by atoms with Crippen LogP contribution in [0.2, 0.25) is 0 Å². The van der Waals surface area contributed by atoms with E-state index in [-0.39, 0.29) is 24.5 Å². The number of rotatable bonds is 4. The minimum atomic E-state index is -0.241. The van der Waals surface area contributed by atoms with Gasteiger partial charge in [0.15, 0.2) is 0 Å². The van der Waals surface area contributed by atoms with Crippen molar-refractivity contribution in [3.05, 3.63) is 18.2 Å². The SMILES string of the molecule is CC(C)C(CO)NC(=O)c1cnc[nH]1. The van der Waals surface area contributed by atoms with Gasteiger partial charge in [0.2, 0.25) is 0 Å². The Morgan fingerprint density at radius 3 is 2.86 bits per heavy atom. The van der Waals surface area contributed by atoms with Crippen molar-refractivity contribution >= 4 is 5.91 Å². The molecule has 0 saturated heterocycles. The Morgan fingerprint density at radius 2 is 2.43 bits per heavy atom. The topological polar surface area (TPSA) is 78.0 Å². The number of H-pyrrole nitrogens is 1. The summed E-state index contributed by atoms with van der Waals surface area (Å²) in [4.78, 5) is 17.9. The van der Waals surface area contributed by atoms with Gasteiger partial charge >= 0.3 is 0 Å². The highest BCUT2D eigenvalue weighted by Crippen LogP contribution is 2.01. The smallest absolute Gasteiger partial charge is 0.269 e. The van der Waals surface area contributed by atoms with Crippen LogP contribution in [0.1, 0.15) is 24.3 Å². The molecule has 78 valence electrons. The Hall–Kier alpha value is -1.36. The van der Waals surface area contributed by atoms with E-state index < -0.39 is 0 Å². The van der Waals surface area contributed by atoms with Crippen LogP contribution in [0.15, 0.2) is 12.5 Å². The number of nitrogens with zero attached hydrogens (tertiary/aromatic N) is 1. The fraction of sp³-hybridized carbons (Fsp3) is 0.556. The molecule has 5 nitrogen and oxygen atoms in total. The first-order valence-corrected chi connectivity index (χ1v) is 4.55. The van der Waals surface area contributed by atoms with E-state index in [0.717, 1.165) is 0 Å². The van der Waals surface area contributed by atoms with Gasteiger partial charge in [-0.1, -0.05) is 13.8 Å². The molecule has 1 heterocycles. The lowest BCUT2D eigenvalue weighted by Gasteiger charge is -2.19. The number of aromatic amines is 1. The summed E-state index contributed by atoms with van der Waals surface area (Å²) in [7, 11) is 0.